The highest BCUT2D eigenvalue weighted by Crippen LogP contribution is 2.36. The van der Waals surface area contributed by atoms with Crippen molar-refractivity contribution in [2.24, 2.45) is 0 Å². The summed E-state index contributed by atoms with van der Waals surface area (Å²) in [6, 6.07) is 14.3. The lowest BCUT2D eigenvalue weighted by molar-refractivity contribution is 1.35. The molecule has 19 heavy (non-hydrogen) atoms. The molecule has 94 valence electrons. The zero-order valence-corrected chi connectivity index (χ0v) is 12.4. The fourth-order valence-electron chi connectivity index (χ4n) is 1.93. The van der Waals surface area contributed by atoms with Gasteiger partial charge in [-0.3, -0.25) is 4.98 Å². The van der Waals surface area contributed by atoms with E-state index in [0.717, 1.165) is 20.9 Å². The lowest BCUT2D eigenvalue weighted by Gasteiger charge is -2.08. The van der Waals surface area contributed by atoms with E-state index in [1.165, 1.54) is 9.79 Å². The van der Waals surface area contributed by atoms with Crippen molar-refractivity contribution in [3.05, 3.63) is 59.3 Å². The van der Waals surface area contributed by atoms with Crippen LogP contribution in [0.15, 0.2) is 69.1 Å². The van der Waals surface area contributed by atoms with Crippen LogP contribution >= 0.6 is 27.7 Å². The third-order valence-corrected chi connectivity index (χ3v) is 4.39. The number of nitrogens with two attached hydrogens (primary N) is 1. The van der Waals surface area contributed by atoms with E-state index in [9.17, 15) is 0 Å². The Labute approximate surface area is 124 Å². The zero-order chi connectivity index (χ0) is 13.2. The van der Waals surface area contributed by atoms with E-state index in [-0.39, 0.29) is 0 Å². The van der Waals surface area contributed by atoms with Crippen molar-refractivity contribution in [1.29, 1.82) is 0 Å². The number of nitrogens with zero attached hydrogens (tertiary/aromatic N) is 1. The number of pyridine rings is 1. The molecular weight excluding hydrogens is 320 g/mol. The highest BCUT2D eigenvalue weighted by Gasteiger charge is 2.06. The Morgan fingerprint density at radius 3 is 2.79 bits per heavy atom. The Bertz CT molecular complexity index is 743. The summed E-state index contributed by atoms with van der Waals surface area (Å²) in [6.45, 7) is 0. The lowest BCUT2D eigenvalue weighted by Crippen LogP contribution is -1.89. The molecule has 0 aliphatic rings. The Morgan fingerprint density at radius 1 is 1.05 bits per heavy atom. The van der Waals surface area contributed by atoms with Crippen LogP contribution in [-0.4, -0.2) is 4.98 Å². The predicted molar refractivity (Wildman–Crippen MR) is 84.4 cm³/mol. The van der Waals surface area contributed by atoms with Crippen molar-refractivity contribution < 1.29 is 0 Å². The molecule has 2 N–H and O–H groups in total. The fraction of sp³-hybridized carbons (Fsp3) is 0. The first-order chi connectivity index (χ1) is 9.24. The van der Waals surface area contributed by atoms with Crippen molar-refractivity contribution in [3.8, 4) is 0 Å². The van der Waals surface area contributed by atoms with E-state index in [1.54, 1.807) is 18.0 Å². The van der Waals surface area contributed by atoms with Gasteiger partial charge in [0.05, 0.1) is 0 Å². The summed E-state index contributed by atoms with van der Waals surface area (Å²) in [5.41, 5.74) is 6.75. The largest absolute Gasteiger partial charge is 0.398 e. The molecule has 3 aromatic rings. The number of anilines is 1. The van der Waals surface area contributed by atoms with Gasteiger partial charge in [0, 0.05) is 43.1 Å². The highest BCUT2D eigenvalue weighted by atomic mass is 79.9. The summed E-state index contributed by atoms with van der Waals surface area (Å²) in [5, 5.41) is 2.14. The third-order valence-electron chi connectivity index (χ3n) is 2.84. The van der Waals surface area contributed by atoms with Gasteiger partial charge in [0.25, 0.3) is 0 Å². The maximum atomic E-state index is 5.99. The molecule has 2 aromatic carbocycles. The second kappa shape index (κ2) is 5.23. The molecule has 0 spiro atoms. The van der Waals surface area contributed by atoms with Gasteiger partial charge in [0.1, 0.15) is 0 Å². The summed E-state index contributed by atoms with van der Waals surface area (Å²) < 4.78 is 1.08. The molecule has 0 aliphatic carbocycles. The summed E-state index contributed by atoms with van der Waals surface area (Å²) >= 11 is 5.22. The minimum atomic E-state index is 0.765. The van der Waals surface area contributed by atoms with Crippen LogP contribution in [0.2, 0.25) is 0 Å². The molecular formula is C15H11BrN2S. The maximum absolute atomic E-state index is 5.99. The molecule has 0 fully saturated rings. The first-order valence-electron chi connectivity index (χ1n) is 5.80. The topological polar surface area (TPSA) is 38.9 Å². The van der Waals surface area contributed by atoms with E-state index in [0.29, 0.717) is 0 Å². The van der Waals surface area contributed by atoms with Gasteiger partial charge < -0.3 is 5.73 Å². The van der Waals surface area contributed by atoms with Gasteiger partial charge in [-0.05, 0) is 36.4 Å². The summed E-state index contributed by atoms with van der Waals surface area (Å²) in [5.74, 6) is 0. The maximum Gasteiger partial charge on any atom is 0.0410 e. The van der Waals surface area contributed by atoms with Crippen LogP contribution in [0, 0.1) is 0 Å². The van der Waals surface area contributed by atoms with Crippen molar-refractivity contribution in [3.63, 3.8) is 0 Å². The zero-order valence-electron chi connectivity index (χ0n) is 10.0. The second-order valence-electron chi connectivity index (χ2n) is 4.13. The molecule has 0 aliphatic heterocycles. The van der Waals surface area contributed by atoms with Crippen LogP contribution in [0.25, 0.3) is 10.8 Å². The highest BCUT2D eigenvalue weighted by molar-refractivity contribution is 9.10. The minimum absolute atomic E-state index is 0.765. The number of rotatable bonds is 2. The average molecular weight is 331 g/mol. The molecule has 0 amide bonds. The first-order valence-corrected chi connectivity index (χ1v) is 7.40. The monoisotopic (exact) mass is 330 g/mol. The van der Waals surface area contributed by atoms with Crippen LogP contribution in [0.5, 0.6) is 0 Å². The molecule has 0 radical (unpaired) electrons. The fourth-order valence-corrected chi connectivity index (χ4v) is 3.49. The molecule has 0 saturated heterocycles. The standard InChI is InChI=1S/C15H11BrN2S/c16-10-2-1-3-11(8-10)19-15-5-4-14(17)13-9-18-7-6-12(13)15/h1-9H,17H2. The van der Waals surface area contributed by atoms with Crippen LogP contribution in [-0.2, 0) is 0 Å². The molecule has 0 saturated carbocycles. The summed E-state index contributed by atoms with van der Waals surface area (Å²) in [7, 11) is 0. The molecule has 4 heteroatoms. The molecule has 0 bridgehead atoms. The number of hydrogen-bond donors (Lipinski definition) is 1. The van der Waals surface area contributed by atoms with Gasteiger partial charge in [-0.15, -0.1) is 0 Å². The lowest BCUT2D eigenvalue weighted by atomic mass is 10.1. The number of nitrogen functional groups attached to an aromatic ring is 1. The van der Waals surface area contributed by atoms with Gasteiger partial charge in [-0.25, -0.2) is 0 Å². The average Bonchev–Trinajstić information content (AvgIpc) is 2.42. The predicted octanol–water partition coefficient (Wildman–Crippen LogP) is 4.73. The van der Waals surface area contributed by atoms with Gasteiger partial charge >= 0.3 is 0 Å². The van der Waals surface area contributed by atoms with E-state index >= 15 is 0 Å². The molecule has 0 atom stereocenters. The molecule has 2 nitrogen and oxygen atoms in total. The number of halogens is 1. The van der Waals surface area contributed by atoms with Gasteiger partial charge in [-0.1, -0.05) is 33.8 Å². The normalized spacial score (nSPS) is 10.8. The van der Waals surface area contributed by atoms with E-state index in [4.69, 9.17) is 5.73 Å². The quantitative estimate of drug-likeness (QED) is 0.690. The number of benzene rings is 2. The summed E-state index contributed by atoms with van der Waals surface area (Å²) in [4.78, 5) is 6.52. The molecule has 1 heterocycles. The smallest absolute Gasteiger partial charge is 0.0410 e. The van der Waals surface area contributed by atoms with Gasteiger partial charge in [-0.2, -0.15) is 0 Å². The Balaban J connectivity index is 2.09. The second-order valence-corrected chi connectivity index (χ2v) is 6.16. The van der Waals surface area contributed by atoms with E-state index in [1.807, 2.05) is 30.5 Å². The summed E-state index contributed by atoms with van der Waals surface area (Å²) in [6.07, 6.45) is 3.61. The SMILES string of the molecule is Nc1ccc(Sc2cccc(Br)c2)c2ccncc12. The van der Waals surface area contributed by atoms with Crippen molar-refractivity contribution in [2.45, 2.75) is 9.79 Å². The molecule has 1 aromatic heterocycles. The van der Waals surface area contributed by atoms with Crippen molar-refractivity contribution in [1.82, 2.24) is 4.98 Å². The van der Waals surface area contributed by atoms with Crippen LogP contribution in [0.3, 0.4) is 0 Å². The molecule has 3 rings (SSSR count). The third kappa shape index (κ3) is 2.60. The van der Waals surface area contributed by atoms with Crippen molar-refractivity contribution >= 4 is 44.2 Å². The molecule has 0 unspecified atom stereocenters. The van der Waals surface area contributed by atoms with Gasteiger partial charge in [0.15, 0.2) is 0 Å². The van der Waals surface area contributed by atoms with Crippen LogP contribution in [0.1, 0.15) is 0 Å². The minimum Gasteiger partial charge on any atom is -0.398 e. The Morgan fingerprint density at radius 2 is 1.95 bits per heavy atom. The van der Waals surface area contributed by atoms with Crippen LogP contribution in [0.4, 0.5) is 5.69 Å². The number of fused-ring (bicyclic) bond motifs is 1. The van der Waals surface area contributed by atoms with E-state index in [2.05, 4.69) is 39.1 Å². The Kier molecular flexibility index (Phi) is 3.44. The Hall–Kier alpha value is -1.52. The first kappa shape index (κ1) is 12.5. The van der Waals surface area contributed by atoms with Crippen LogP contribution < -0.4 is 5.73 Å². The van der Waals surface area contributed by atoms with Gasteiger partial charge in [0.2, 0.25) is 0 Å². The van der Waals surface area contributed by atoms with Crippen molar-refractivity contribution in [2.75, 3.05) is 5.73 Å². The number of hydrogen-bond acceptors (Lipinski definition) is 3. The van der Waals surface area contributed by atoms with E-state index < -0.39 is 0 Å². The number of aromatic nitrogens is 1.